The number of aliphatic hydroxyl groups excluding tert-OH is 2. The van der Waals surface area contributed by atoms with Crippen molar-refractivity contribution in [2.24, 2.45) is 0 Å². The first-order chi connectivity index (χ1) is 24.5. The Bertz CT molecular complexity index is 2060. The zero-order chi connectivity index (χ0) is 38.4. The van der Waals surface area contributed by atoms with Crippen molar-refractivity contribution in [2.45, 2.75) is 39.2 Å². The van der Waals surface area contributed by atoms with Crippen LogP contribution in [0.4, 0.5) is 15.9 Å². The Hall–Kier alpha value is -5.13. The number of carboxylic acid groups (broad SMARTS) is 2. The zero-order valence-electron chi connectivity index (χ0n) is 28.3. The molecule has 2 atom stereocenters. The first-order valence-corrected chi connectivity index (χ1v) is 17.9. The molecule has 5 aromatic rings. The normalized spacial score (nSPS) is 12.1. The van der Waals surface area contributed by atoms with Gasteiger partial charge in [0.05, 0.1) is 22.8 Å². The van der Waals surface area contributed by atoms with Crippen molar-refractivity contribution in [3.8, 4) is 17.1 Å². The Balaban J connectivity index is 0.000000524. The van der Waals surface area contributed by atoms with Crippen molar-refractivity contribution in [2.75, 3.05) is 23.9 Å². The average Bonchev–Trinajstić information content (AvgIpc) is 3.55. The molecule has 0 amide bonds. The summed E-state index contributed by atoms with van der Waals surface area (Å²) < 4.78 is 47.8. The molecule has 0 bridgehead atoms. The van der Waals surface area contributed by atoms with Crippen LogP contribution in [-0.2, 0) is 32.6 Å². The van der Waals surface area contributed by atoms with Gasteiger partial charge in [0.25, 0.3) is 0 Å². The second-order valence-corrected chi connectivity index (χ2v) is 13.9. The molecular formula is C35H38ClFN4O10S. The second-order valence-electron chi connectivity index (χ2n) is 11.2. The van der Waals surface area contributed by atoms with Crippen LogP contribution in [0.5, 0.6) is 5.75 Å². The van der Waals surface area contributed by atoms with Crippen molar-refractivity contribution < 1.29 is 52.0 Å². The van der Waals surface area contributed by atoms with Crippen molar-refractivity contribution in [3.63, 3.8) is 0 Å². The predicted molar refractivity (Wildman–Crippen MR) is 193 cm³/mol. The number of rotatable bonds is 13. The summed E-state index contributed by atoms with van der Waals surface area (Å²) in [5, 5.41) is 39.1. The molecule has 2 aromatic heterocycles. The van der Waals surface area contributed by atoms with Gasteiger partial charge in [-0.25, -0.2) is 32.4 Å². The van der Waals surface area contributed by atoms with Crippen LogP contribution in [0.15, 0.2) is 83.5 Å². The van der Waals surface area contributed by atoms with Gasteiger partial charge in [-0.3, -0.25) is 0 Å². The number of nitrogens with one attached hydrogen (secondary N) is 2. The number of furan rings is 1. The van der Waals surface area contributed by atoms with E-state index in [9.17, 15) is 22.4 Å². The zero-order valence-corrected chi connectivity index (χ0v) is 29.9. The van der Waals surface area contributed by atoms with E-state index in [0.717, 1.165) is 16.5 Å². The molecule has 0 saturated heterocycles. The molecule has 52 heavy (non-hydrogen) atoms. The van der Waals surface area contributed by atoms with Crippen LogP contribution in [0.3, 0.4) is 0 Å². The highest BCUT2D eigenvalue weighted by Crippen LogP contribution is 2.33. The fourth-order valence-electron chi connectivity index (χ4n) is 4.03. The topological polar surface area (TPSA) is 221 Å². The lowest BCUT2D eigenvalue weighted by atomic mass is 10.1. The lowest BCUT2D eigenvalue weighted by Crippen LogP contribution is -2.21. The fraction of sp³-hybridized carbons (Fsp3) is 0.257. The molecule has 0 spiro atoms. The summed E-state index contributed by atoms with van der Waals surface area (Å²) in [4.78, 5) is 27.7. The number of benzene rings is 3. The number of anilines is 2. The number of carboxylic acids is 2. The van der Waals surface area contributed by atoms with E-state index in [1.807, 2.05) is 36.4 Å². The maximum absolute atomic E-state index is 13.4. The quantitative estimate of drug-likeness (QED) is 0.0866. The summed E-state index contributed by atoms with van der Waals surface area (Å²) in [7, 11) is -3.02. The molecule has 14 nitrogen and oxygen atoms in total. The number of nitrogens with zero attached hydrogens (tertiary/aromatic N) is 2. The van der Waals surface area contributed by atoms with Crippen LogP contribution in [-0.4, -0.2) is 81.5 Å². The monoisotopic (exact) mass is 760 g/mol. The van der Waals surface area contributed by atoms with Gasteiger partial charge in [-0.15, -0.1) is 0 Å². The first kappa shape index (κ1) is 41.3. The average molecular weight is 761 g/mol. The van der Waals surface area contributed by atoms with Crippen LogP contribution in [0, 0.1) is 5.82 Å². The van der Waals surface area contributed by atoms with E-state index in [2.05, 4.69) is 20.6 Å². The molecule has 278 valence electrons. The fourth-order valence-corrected chi connectivity index (χ4v) is 4.78. The largest absolute Gasteiger partial charge is 0.487 e. The van der Waals surface area contributed by atoms with Crippen LogP contribution >= 0.6 is 11.6 Å². The highest BCUT2D eigenvalue weighted by atomic mass is 35.5. The van der Waals surface area contributed by atoms with Crippen molar-refractivity contribution in [3.05, 3.63) is 101 Å². The molecule has 0 aliphatic rings. The number of aliphatic hydroxyl groups is 2. The number of carbonyl (C=O) groups is 2. The molecule has 17 heteroatoms. The summed E-state index contributed by atoms with van der Waals surface area (Å²) in [5.74, 6) is -0.198. The molecule has 6 N–H and O–H groups in total. The minimum absolute atomic E-state index is 0.0664. The van der Waals surface area contributed by atoms with Crippen molar-refractivity contribution in [1.29, 1.82) is 0 Å². The van der Waals surface area contributed by atoms with E-state index in [1.165, 1.54) is 38.6 Å². The summed E-state index contributed by atoms with van der Waals surface area (Å²) >= 11 is 6.47. The molecule has 0 aliphatic heterocycles. The highest BCUT2D eigenvalue weighted by molar-refractivity contribution is 7.90. The Morgan fingerprint density at radius 1 is 0.962 bits per heavy atom. The van der Waals surface area contributed by atoms with Gasteiger partial charge in [0.15, 0.2) is 0 Å². The van der Waals surface area contributed by atoms with E-state index in [0.29, 0.717) is 52.5 Å². The second kappa shape index (κ2) is 19.5. The third-order valence-corrected chi connectivity index (χ3v) is 7.96. The molecule has 2 unspecified atom stereocenters. The third-order valence-electron chi connectivity index (χ3n) is 6.72. The van der Waals surface area contributed by atoms with Crippen LogP contribution in [0.1, 0.15) is 25.2 Å². The van der Waals surface area contributed by atoms with E-state index in [4.69, 9.17) is 41.2 Å². The Kier molecular flexibility index (Phi) is 15.5. The lowest BCUT2D eigenvalue weighted by Gasteiger charge is -2.12. The van der Waals surface area contributed by atoms with Gasteiger partial charge in [0, 0.05) is 29.4 Å². The van der Waals surface area contributed by atoms with Crippen molar-refractivity contribution in [1.82, 2.24) is 15.3 Å². The Morgan fingerprint density at radius 3 is 2.27 bits per heavy atom. The minimum atomic E-state index is -3.02. The van der Waals surface area contributed by atoms with Gasteiger partial charge in [-0.1, -0.05) is 23.7 Å². The summed E-state index contributed by atoms with van der Waals surface area (Å²) in [6, 6.07) is 21.0. The minimum Gasteiger partial charge on any atom is -0.487 e. The Labute approximate surface area is 303 Å². The van der Waals surface area contributed by atoms with Crippen molar-refractivity contribution >= 4 is 55.8 Å². The Morgan fingerprint density at radius 2 is 1.65 bits per heavy atom. The molecule has 0 radical (unpaired) electrons. The number of fused-ring (bicyclic) bond motifs is 1. The lowest BCUT2D eigenvalue weighted by molar-refractivity contribution is -0.146. The number of aliphatic carboxylic acids is 2. The van der Waals surface area contributed by atoms with Gasteiger partial charge < -0.3 is 40.2 Å². The van der Waals surface area contributed by atoms with Gasteiger partial charge in [0.2, 0.25) is 0 Å². The van der Waals surface area contributed by atoms with E-state index < -0.39 is 34.0 Å². The van der Waals surface area contributed by atoms with Gasteiger partial charge in [-0.05, 0) is 80.1 Å². The number of ether oxygens (including phenoxy) is 1. The number of hydrogen-bond acceptors (Lipinski definition) is 12. The van der Waals surface area contributed by atoms with E-state index in [-0.39, 0.29) is 18.2 Å². The van der Waals surface area contributed by atoms with Gasteiger partial charge in [-0.2, -0.15) is 0 Å². The SMILES string of the molecule is CC(O)C(=O)O.CC(O)C(=O)O.CS(=O)(=O)CCNCc1ccc(-c2ccc3ncnc(Nc4ccc(OCc5cccc(F)c5)c(Cl)c4)c3c2)o1. The molecule has 0 aliphatic carbocycles. The predicted octanol–water partition coefficient (Wildman–Crippen LogP) is 5.04. The summed E-state index contributed by atoms with van der Waals surface area (Å²) in [5.41, 5.74) is 2.99. The molecule has 2 heterocycles. The smallest absolute Gasteiger partial charge is 0.332 e. The maximum atomic E-state index is 13.4. The van der Waals surface area contributed by atoms with Crippen LogP contribution in [0.25, 0.3) is 22.2 Å². The molecule has 5 rings (SSSR count). The number of aromatic nitrogens is 2. The number of sulfone groups is 1. The number of hydrogen-bond donors (Lipinski definition) is 6. The standard InChI is InChI=1S/C29H26ClFN4O4S.2C3H6O3/c1-40(36,37)12-11-32-16-23-7-10-27(39-23)20-5-8-26-24(14-20)29(34-18-33-26)35-22-6-9-28(25(30)15-22)38-17-19-3-2-4-21(31)13-19;2*1-2(4)3(5)6/h2-10,13-15,18,32H,11-12,16-17H2,1H3,(H,33,34,35);2*2,4H,1H3,(H,5,6). The van der Waals surface area contributed by atoms with Gasteiger partial charge in [0.1, 0.15) is 63.9 Å². The molecule has 3 aromatic carbocycles. The van der Waals surface area contributed by atoms with Crippen LogP contribution < -0.4 is 15.4 Å². The van der Waals surface area contributed by atoms with Crippen LogP contribution in [0.2, 0.25) is 5.02 Å². The number of halogens is 2. The molecular weight excluding hydrogens is 723 g/mol. The van der Waals surface area contributed by atoms with E-state index >= 15 is 0 Å². The summed E-state index contributed by atoms with van der Waals surface area (Å²) in [6.45, 7) is 3.35. The molecule has 0 fully saturated rings. The maximum Gasteiger partial charge on any atom is 0.332 e. The summed E-state index contributed by atoms with van der Waals surface area (Å²) in [6.07, 6.45) is 0.229. The first-order valence-electron chi connectivity index (χ1n) is 15.5. The van der Waals surface area contributed by atoms with E-state index in [1.54, 1.807) is 24.3 Å². The molecule has 0 saturated carbocycles. The highest BCUT2D eigenvalue weighted by Gasteiger charge is 2.12. The van der Waals surface area contributed by atoms with Gasteiger partial charge >= 0.3 is 11.9 Å². The third kappa shape index (κ3) is 13.9.